The van der Waals surface area contributed by atoms with Gasteiger partial charge in [-0.1, -0.05) is 36.4 Å². The van der Waals surface area contributed by atoms with Crippen LogP contribution in [-0.4, -0.2) is 31.7 Å². The molecule has 1 aliphatic carbocycles. The zero-order valence-electron chi connectivity index (χ0n) is 21.5. The number of anilines is 1. The van der Waals surface area contributed by atoms with E-state index < -0.39 is 29.2 Å². The van der Waals surface area contributed by atoms with Crippen molar-refractivity contribution in [2.75, 3.05) is 19.5 Å². The van der Waals surface area contributed by atoms with Crippen LogP contribution < -0.4 is 5.32 Å². The molecule has 0 saturated carbocycles. The number of benzene rings is 3. The van der Waals surface area contributed by atoms with Crippen molar-refractivity contribution >= 4 is 28.7 Å². The van der Waals surface area contributed by atoms with Gasteiger partial charge < -0.3 is 14.8 Å². The number of methoxy groups -OCH3 is 2. The molecule has 1 aliphatic rings. The molecule has 0 radical (unpaired) electrons. The summed E-state index contributed by atoms with van der Waals surface area (Å²) in [7, 11) is 2.55. The van der Waals surface area contributed by atoms with Crippen molar-refractivity contribution in [2.24, 2.45) is 0 Å². The number of nitrogens with one attached hydrogen (secondary N) is 1. The summed E-state index contributed by atoms with van der Waals surface area (Å²) < 4.78 is 49.1. The van der Waals surface area contributed by atoms with Gasteiger partial charge in [0.15, 0.2) is 0 Å². The van der Waals surface area contributed by atoms with Crippen LogP contribution in [0.2, 0.25) is 0 Å². The molecule has 6 nitrogen and oxygen atoms in total. The second-order valence-electron chi connectivity index (χ2n) is 8.78. The highest BCUT2D eigenvalue weighted by Crippen LogP contribution is 2.38. The number of hydrogen-bond donors (Lipinski definition) is 1. The molecule has 0 unspecified atom stereocenters. The van der Waals surface area contributed by atoms with Gasteiger partial charge in [0, 0.05) is 22.4 Å². The minimum Gasteiger partial charge on any atom is -0.489 e. The molecule has 3 aromatic rings. The summed E-state index contributed by atoms with van der Waals surface area (Å²) in [5, 5.41) is 2.64. The fourth-order valence-electron chi connectivity index (χ4n) is 4.56. The first-order valence-corrected chi connectivity index (χ1v) is 11.8. The van der Waals surface area contributed by atoms with Gasteiger partial charge in [0.2, 0.25) is 23.1 Å². The Morgan fingerprint density at radius 2 is 1.38 bits per heavy atom. The minimum absolute atomic E-state index is 0.127. The lowest BCUT2D eigenvalue weighted by Gasteiger charge is -2.23. The fraction of sp³-hybridized carbons (Fsp3) is 0.167. The second kappa shape index (κ2) is 10.6. The fourth-order valence-corrected chi connectivity index (χ4v) is 4.56. The standard InChI is InChI=1S/C30H24F3NO5/c1-16-21(24-17(2)25(35)27(38-3)28(39-4)26(24)36)14-15-22(23(16)18-8-6-5-7-9-18)29(37)34-20-12-10-19(11-13-20)30(31,32)33/h5-15H,1-4H3,(H,34,37). The van der Waals surface area contributed by atoms with Crippen molar-refractivity contribution in [3.8, 4) is 11.1 Å². The first-order valence-electron chi connectivity index (χ1n) is 11.8. The van der Waals surface area contributed by atoms with Gasteiger partial charge in [-0.2, -0.15) is 13.2 Å². The molecule has 9 heteroatoms. The zero-order valence-corrected chi connectivity index (χ0v) is 21.5. The number of ketones is 2. The van der Waals surface area contributed by atoms with Gasteiger partial charge in [-0.15, -0.1) is 0 Å². The maximum absolute atomic E-state index is 13.4. The number of alkyl halides is 3. The van der Waals surface area contributed by atoms with E-state index in [1.807, 2.05) is 6.07 Å². The van der Waals surface area contributed by atoms with Crippen LogP contribution in [0.1, 0.15) is 34.0 Å². The van der Waals surface area contributed by atoms with Crippen molar-refractivity contribution in [1.29, 1.82) is 0 Å². The lowest BCUT2D eigenvalue weighted by molar-refractivity contribution is -0.137. The van der Waals surface area contributed by atoms with Crippen LogP contribution in [0.3, 0.4) is 0 Å². The first-order chi connectivity index (χ1) is 18.5. The molecule has 4 rings (SSSR count). The van der Waals surface area contributed by atoms with Crippen LogP contribution in [0.5, 0.6) is 0 Å². The summed E-state index contributed by atoms with van der Waals surface area (Å²) >= 11 is 0. The Balaban J connectivity index is 1.83. The number of rotatable bonds is 6. The third-order valence-electron chi connectivity index (χ3n) is 6.48. The number of halogens is 3. The monoisotopic (exact) mass is 535 g/mol. The van der Waals surface area contributed by atoms with Crippen molar-refractivity contribution in [2.45, 2.75) is 20.0 Å². The van der Waals surface area contributed by atoms with E-state index >= 15 is 0 Å². The minimum atomic E-state index is -4.50. The topological polar surface area (TPSA) is 81.7 Å². The number of Topliss-reactive ketones (excluding diaryl/α,β-unsaturated/α-hetero) is 2. The van der Waals surface area contributed by atoms with E-state index in [0.29, 0.717) is 22.3 Å². The van der Waals surface area contributed by atoms with Gasteiger partial charge >= 0.3 is 6.18 Å². The molecule has 0 aliphatic heterocycles. The molecule has 0 bridgehead atoms. The number of allylic oxidation sites excluding steroid dienone is 2. The molecule has 0 aromatic heterocycles. The lowest BCUT2D eigenvalue weighted by atomic mass is 9.82. The van der Waals surface area contributed by atoms with Gasteiger partial charge in [-0.3, -0.25) is 14.4 Å². The SMILES string of the molecule is COC1=C(OC)C(=O)C(c2ccc(C(=O)Nc3ccc(C(F)(F)F)cc3)c(-c3ccccc3)c2C)=C(C)C1=O. The molecule has 3 aromatic carbocycles. The Morgan fingerprint density at radius 1 is 0.795 bits per heavy atom. The van der Waals surface area contributed by atoms with Gasteiger partial charge in [0.05, 0.1) is 19.8 Å². The highest BCUT2D eigenvalue weighted by atomic mass is 19.4. The molecule has 39 heavy (non-hydrogen) atoms. The number of amides is 1. The third kappa shape index (κ3) is 5.07. The lowest BCUT2D eigenvalue weighted by Crippen LogP contribution is -2.25. The van der Waals surface area contributed by atoms with E-state index in [4.69, 9.17) is 9.47 Å². The molecular formula is C30H24F3NO5. The molecule has 0 heterocycles. The molecule has 200 valence electrons. The number of carbonyl (C=O) groups is 3. The molecule has 1 N–H and O–H groups in total. The Labute approximate surface area is 222 Å². The average molecular weight is 536 g/mol. The Morgan fingerprint density at radius 3 is 1.95 bits per heavy atom. The highest BCUT2D eigenvalue weighted by molar-refractivity contribution is 6.38. The Hall–Kier alpha value is -4.66. The summed E-state index contributed by atoms with van der Waals surface area (Å²) in [6.45, 7) is 3.25. The molecular weight excluding hydrogens is 511 g/mol. The molecule has 0 spiro atoms. The third-order valence-corrected chi connectivity index (χ3v) is 6.48. The van der Waals surface area contributed by atoms with E-state index in [0.717, 1.165) is 12.1 Å². The maximum atomic E-state index is 13.4. The largest absolute Gasteiger partial charge is 0.489 e. The van der Waals surface area contributed by atoms with E-state index in [-0.39, 0.29) is 33.9 Å². The van der Waals surface area contributed by atoms with Crippen LogP contribution in [-0.2, 0) is 25.2 Å². The van der Waals surface area contributed by atoms with Crippen LogP contribution in [0, 0.1) is 6.92 Å². The molecule has 0 atom stereocenters. The van der Waals surface area contributed by atoms with E-state index in [1.165, 1.54) is 39.3 Å². The van der Waals surface area contributed by atoms with Crippen LogP contribution in [0.4, 0.5) is 18.9 Å². The van der Waals surface area contributed by atoms with Gasteiger partial charge in [0.25, 0.3) is 5.91 Å². The van der Waals surface area contributed by atoms with Crippen molar-refractivity contribution in [3.63, 3.8) is 0 Å². The summed E-state index contributed by atoms with van der Waals surface area (Å²) in [6, 6.07) is 16.2. The van der Waals surface area contributed by atoms with Crippen LogP contribution in [0.25, 0.3) is 16.7 Å². The predicted molar refractivity (Wildman–Crippen MR) is 140 cm³/mol. The average Bonchev–Trinajstić information content (AvgIpc) is 2.91. The molecule has 0 saturated heterocycles. The molecule has 1 amide bonds. The van der Waals surface area contributed by atoms with Crippen LogP contribution >= 0.6 is 0 Å². The zero-order chi connectivity index (χ0) is 28.5. The van der Waals surface area contributed by atoms with Crippen LogP contribution in [0.15, 0.2) is 83.8 Å². The summed E-state index contributed by atoms with van der Waals surface area (Å²) in [6.07, 6.45) is -4.50. The normalized spacial score (nSPS) is 14.0. The van der Waals surface area contributed by atoms with Crippen molar-refractivity contribution < 1.29 is 37.0 Å². The summed E-state index contributed by atoms with van der Waals surface area (Å²) in [4.78, 5) is 39.8. The summed E-state index contributed by atoms with van der Waals surface area (Å²) in [5.41, 5.74) is 2.03. The molecule has 0 fully saturated rings. The predicted octanol–water partition coefficient (Wildman–Crippen LogP) is 6.36. The Kier molecular flexibility index (Phi) is 7.44. The van der Waals surface area contributed by atoms with Crippen molar-refractivity contribution in [1.82, 2.24) is 0 Å². The smallest absolute Gasteiger partial charge is 0.416 e. The van der Waals surface area contributed by atoms with Crippen molar-refractivity contribution in [3.05, 3.63) is 106 Å². The van der Waals surface area contributed by atoms with E-state index in [1.54, 1.807) is 37.3 Å². The number of ether oxygens (including phenoxy) is 2. The second-order valence-corrected chi connectivity index (χ2v) is 8.78. The van der Waals surface area contributed by atoms with Gasteiger partial charge in [-0.05, 0) is 66.4 Å². The van der Waals surface area contributed by atoms with E-state index in [2.05, 4.69) is 5.32 Å². The van der Waals surface area contributed by atoms with Gasteiger partial charge in [0.1, 0.15) is 0 Å². The Bertz CT molecular complexity index is 1540. The first kappa shape index (κ1) is 27.4. The van der Waals surface area contributed by atoms with Gasteiger partial charge in [-0.25, -0.2) is 0 Å². The highest BCUT2D eigenvalue weighted by Gasteiger charge is 2.36. The maximum Gasteiger partial charge on any atom is 0.416 e. The quantitative estimate of drug-likeness (QED) is 0.372. The number of carbonyl (C=O) groups excluding carboxylic acids is 3. The number of hydrogen-bond acceptors (Lipinski definition) is 5. The summed E-state index contributed by atoms with van der Waals surface area (Å²) in [5.74, 6) is -1.98. The van der Waals surface area contributed by atoms with E-state index in [9.17, 15) is 27.6 Å².